The van der Waals surface area contributed by atoms with Gasteiger partial charge in [-0.05, 0) is 127 Å². The molecule has 0 radical (unpaired) electrons. The fraction of sp³-hybridized carbons (Fsp3) is 0.667. The lowest BCUT2D eigenvalue weighted by Gasteiger charge is -2.38. The van der Waals surface area contributed by atoms with Crippen molar-refractivity contribution < 1.29 is 0 Å². The Bertz CT molecular complexity index is 1860. The van der Waals surface area contributed by atoms with Crippen LogP contribution in [0.2, 0.25) is 0 Å². The molecular weight excluding hydrogens is 956 g/mol. The van der Waals surface area contributed by atoms with Crippen molar-refractivity contribution in [2.45, 2.75) is 285 Å². The van der Waals surface area contributed by atoms with Gasteiger partial charge in [0.15, 0.2) is 0 Å². The summed E-state index contributed by atoms with van der Waals surface area (Å²) >= 11 is 7.65. The lowest BCUT2D eigenvalue weighted by molar-refractivity contribution is 0.555. The van der Waals surface area contributed by atoms with E-state index in [-0.39, 0.29) is 18.1 Å². The normalized spacial score (nSPS) is 14.4. The van der Waals surface area contributed by atoms with Crippen LogP contribution in [0.1, 0.15) is 266 Å². The smallest absolute Gasteiger partial charge is 0.0624 e. The van der Waals surface area contributed by atoms with Crippen molar-refractivity contribution in [3.8, 4) is 0 Å². The summed E-state index contributed by atoms with van der Waals surface area (Å²) in [6.07, 6.45) is 53.6. The molecule has 3 unspecified atom stereocenters. The van der Waals surface area contributed by atoms with Gasteiger partial charge in [0.1, 0.15) is 0 Å². The fourth-order valence-electron chi connectivity index (χ4n) is 11.7. The molecule has 0 bridgehead atoms. The zero-order chi connectivity index (χ0) is 55.1. The van der Waals surface area contributed by atoms with Crippen molar-refractivity contribution in [3.05, 3.63) is 113 Å². The Morgan fingerprint density at radius 3 is 1.08 bits per heavy atom. The van der Waals surface area contributed by atoms with E-state index < -0.39 is 0 Å². The molecule has 3 atom stereocenters. The first-order valence-corrected chi connectivity index (χ1v) is 33.1. The molecule has 0 fully saturated rings. The number of benzene rings is 3. The van der Waals surface area contributed by atoms with E-state index in [1.54, 1.807) is 0 Å². The van der Waals surface area contributed by atoms with Crippen LogP contribution in [0.25, 0.3) is 0 Å². The lowest BCUT2D eigenvalue weighted by atomic mass is 9.99. The molecule has 0 aromatic heterocycles. The third-order valence-electron chi connectivity index (χ3n) is 16.7. The first kappa shape index (κ1) is 65.9. The summed E-state index contributed by atoms with van der Waals surface area (Å²) in [4.78, 5) is 10.5. The molecule has 0 heterocycles. The van der Waals surface area contributed by atoms with E-state index in [0.717, 1.165) is 37.6 Å². The van der Waals surface area contributed by atoms with Gasteiger partial charge in [-0.25, -0.2) is 0 Å². The van der Waals surface area contributed by atoms with Crippen molar-refractivity contribution in [1.82, 2.24) is 0 Å². The van der Waals surface area contributed by atoms with Gasteiger partial charge >= 0.3 is 0 Å². The van der Waals surface area contributed by atoms with Gasteiger partial charge in [-0.3, -0.25) is 0 Å². The zero-order valence-corrected chi connectivity index (χ0v) is 52.1. The highest BCUT2D eigenvalue weighted by Crippen LogP contribution is 2.35. The predicted octanol–water partition coefficient (Wildman–Crippen LogP) is 23.0. The number of unbranched alkanes of at least 4 members (excludes halogenated alkanes) is 28. The number of aryl methyl sites for hydroxylation is 1. The SMILES string of the molecule is CCCCCCCCCCN(CCCCCCCCCC)c1ccc(N(c2ccc(N(CCCCCCCCCC)CCCCCCCCCC)cc2)C(C)/C=C(/Cl)C(C)N(c2ccc(C)cc2)C2C=CC(C)=CC2)cc1. The van der Waals surface area contributed by atoms with Crippen LogP contribution in [0, 0.1) is 6.92 Å². The highest BCUT2D eigenvalue weighted by molar-refractivity contribution is 6.30. The Morgan fingerprint density at radius 1 is 0.442 bits per heavy atom. The van der Waals surface area contributed by atoms with E-state index in [4.69, 9.17) is 11.6 Å². The molecule has 4 nitrogen and oxygen atoms in total. The Hall–Kier alpha value is -3.63. The average molecular weight is 1070 g/mol. The van der Waals surface area contributed by atoms with Crippen LogP contribution in [-0.4, -0.2) is 44.3 Å². The monoisotopic (exact) mass is 1070 g/mol. The van der Waals surface area contributed by atoms with Gasteiger partial charge in [0.05, 0.1) is 18.1 Å². The molecule has 432 valence electrons. The van der Waals surface area contributed by atoms with E-state index >= 15 is 0 Å². The molecule has 0 saturated carbocycles. The topological polar surface area (TPSA) is 13.0 Å². The Morgan fingerprint density at radius 2 is 0.753 bits per heavy atom. The second-order valence-corrected chi connectivity index (χ2v) is 24.0. The van der Waals surface area contributed by atoms with E-state index in [2.05, 4.69) is 172 Å². The molecule has 0 saturated heterocycles. The van der Waals surface area contributed by atoms with Gasteiger partial charge < -0.3 is 19.6 Å². The van der Waals surface area contributed by atoms with Crippen LogP contribution in [0.4, 0.5) is 28.4 Å². The summed E-state index contributed by atoms with van der Waals surface area (Å²) in [6, 6.07) is 28.5. The lowest BCUT2D eigenvalue weighted by Crippen LogP contribution is -2.42. The van der Waals surface area contributed by atoms with Crippen LogP contribution in [0.15, 0.2) is 108 Å². The predicted molar refractivity (Wildman–Crippen MR) is 348 cm³/mol. The first-order valence-electron chi connectivity index (χ1n) is 32.8. The number of hydrogen-bond acceptors (Lipinski definition) is 4. The fourth-order valence-corrected chi connectivity index (χ4v) is 12.0. The third-order valence-corrected chi connectivity index (χ3v) is 17.1. The van der Waals surface area contributed by atoms with E-state index in [1.165, 1.54) is 245 Å². The van der Waals surface area contributed by atoms with Gasteiger partial charge in [0, 0.05) is 59.6 Å². The molecule has 5 heteroatoms. The molecule has 77 heavy (non-hydrogen) atoms. The summed E-state index contributed by atoms with van der Waals surface area (Å²) in [7, 11) is 0. The van der Waals surface area contributed by atoms with E-state index in [1.807, 2.05) is 0 Å². The van der Waals surface area contributed by atoms with Crippen molar-refractivity contribution in [2.75, 3.05) is 45.8 Å². The second kappa shape index (κ2) is 41.4. The summed E-state index contributed by atoms with van der Waals surface area (Å²) < 4.78 is 0. The molecule has 3 aromatic rings. The van der Waals surface area contributed by atoms with Crippen molar-refractivity contribution in [3.63, 3.8) is 0 Å². The van der Waals surface area contributed by atoms with Gasteiger partial charge in [0.2, 0.25) is 0 Å². The number of hydrogen-bond donors (Lipinski definition) is 0. The van der Waals surface area contributed by atoms with Crippen molar-refractivity contribution >= 4 is 40.0 Å². The van der Waals surface area contributed by atoms with Gasteiger partial charge in [0.25, 0.3) is 0 Å². The van der Waals surface area contributed by atoms with Gasteiger partial charge in [-0.1, -0.05) is 261 Å². The minimum absolute atomic E-state index is 0.00191. The number of rotatable bonds is 46. The molecule has 1 aliphatic rings. The Labute approximate surface area is 482 Å². The summed E-state index contributed by atoms with van der Waals surface area (Å²) in [5.74, 6) is 0. The molecule has 3 aromatic carbocycles. The van der Waals surface area contributed by atoms with Crippen molar-refractivity contribution in [1.29, 1.82) is 0 Å². The minimum Gasteiger partial charge on any atom is -0.372 e. The summed E-state index contributed by atoms with van der Waals surface area (Å²) in [5, 5.41) is 0.875. The average Bonchev–Trinajstić information content (AvgIpc) is 3.45. The maximum atomic E-state index is 7.65. The van der Waals surface area contributed by atoms with Crippen LogP contribution in [-0.2, 0) is 0 Å². The van der Waals surface area contributed by atoms with Crippen LogP contribution in [0.5, 0.6) is 0 Å². The zero-order valence-electron chi connectivity index (χ0n) is 51.3. The van der Waals surface area contributed by atoms with Crippen LogP contribution < -0.4 is 19.6 Å². The number of anilines is 5. The van der Waals surface area contributed by atoms with Gasteiger partial charge in [-0.15, -0.1) is 0 Å². The van der Waals surface area contributed by atoms with E-state index in [0.29, 0.717) is 0 Å². The quantitative estimate of drug-likeness (QED) is 0.0523. The molecule has 0 N–H and O–H groups in total. The highest BCUT2D eigenvalue weighted by atomic mass is 35.5. The molecule has 0 amide bonds. The van der Waals surface area contributed by atoms with Gasteiger partial charge in [-0.2, -0.15) is 0 Å². The molecule has 0 spiro atoms. The summed E-state index contributed by atoms with van der Waals surface area (Å²) in [6.45, 7) is 22.8. The Kier molecular flexibility index (Phi) is 35.4. The number of halogens is 1. The Balaban J connectivity index is 1.64. The maximum absolute atomic E-state index is 7.65. The standard InChI is InChI=1S/C72H117ClN4/c1-9-13-17-21-25-29-33-37-57-74(58-38-34-30-26-22-18-14-10-2)66-49-53-68(54-50-66)76(64(7)61-72(73)65(8)77(70-45-41-62(5)42-46-70)71-47-43-63(6)44-48-71)69-55-51-67(52-56-69)75(59-39-35-31-27-23-19-15-11-3)60-40-36-32-28-24-20-16-12-4/h41-47,49-56,61,64-65,71H,9-40,48,57-60H2,1-8H3/b72-61+. The summed E-state index contributed by atoms with van der Waals surface area (Å²) in [5.41, 5.74) is 8.95. The third kappa shape index (κ3) is 26.5. The number of allylic oxidation sites excluding steroid dienone is 2. The molecule has 4 rings (SSSR count). The second-order valence-electron chi connectivity index (χ2n) is 23.6. The van der Waals surface area contributed by atoms with Crippen molar-refractivity contribution in [2.24, 2.45) is 0 Å². The first-order chi connectivity index (χ1) is 37.7. The molecule has 0 aliphatic heterocycles. The van der Waals surface area contributed by atoms with E-state index in [9.17, 15) is 0 Å². The highest BCUT2D eigenvalue weighted by Gasteiger charge is 2.27. The largest absolute Gasteiger partial charge is 0.372 e. The minimum atomic E-state index is -0.0163. The molecular formula is C72H117ClN4. The maximum Gasteiger partial charge on any atom is 0.0624 e. The van der Waals surface area contributed by atoms with Crippen LogP contribution in [0.3, 0.4) is 0 Å². The molecule has 1 aliphatic carbocycles. The number of nitrogens with zero attached hydrogens (tertiary/aromatic N) is 4. The van der Waals surface area contributed by atoms with Crippen LogP contribution >= 0.6 is 11.6 Å².